The highest BCUT2D eigenvalue weighted by Gasteiger charge is 2.11. The van der Waals surface area contributed by atoms with Crippen LogP contribution in [-0.4, -0.2) is 26.0 Å². The van der Waals surface area contributed by atoms with E-state index in [1.165, 1.54) is 24.0 Å². The zero-order chi connectivity index (χ0) is 15.2. The number of carboxylic acids is 1. The molecule has 0 aliphatic rings. The lowest BCUT2D eigenvalue weighted by Crippen LogP contribution is -2.10. The second kappa shape index (κ2) is 7.03. The van der Waals surface area contributed by atoms with Gasteiger partial charge in [0, 0.05) is 23.7 Å². The van der Waals surface area contributed by atoms with E-state index in [1.807, 2.05) is 6.92 Å². The summed E-state index contributed by atoms with van der Waals surface area (Å²) in [6.45, 7) is 2.02. The van der Waals surface area contributed by atoms with Gasteiger partial charge in [0.15, 0.2) is 10.9 Å². The van der Waals surface area contributed by atoms with Gasteiger partial charge in [0.05, 0.1) is 0 Å². The van der Waals surface area contributed by atoms with Crippen LogP contribution in [0.4, 0.5) is 0 Å². The van der Waals surface area contributed by atoms with Crippen molar-refractivity contribution in [1.29, 1.82) is 0 Å². The molecule has 0 atom stereocenters. The summed E-state index contributed by atoms with van der Waals surface area (Å²) >= 11 is 1.29. The van der Waals surface area contributed by atoms with Crippen molar-refractivity contribution in [2.24, 2.45) is 0 Å². The van der Waals surface area contributed by atoms with Crippen LogP contribution in [0.2, 0.25) is 0 Å². The molecule has 0 radical (unpaired) electrons. The van der Waals surface area contributed by atoms with Crippen molar-refractivity contribution < 1.29 is 9.90 Å². The van der Waals surface area contributed by atoms with E-state index in [0.29, 0.717) is 16.5 Å². The number of hydrogen-bond acceptors (Lipinski definition) is 5. The molecule has 0 spiro atoms. The number of aromatic amines is 1. The minimum atomic E-state index is -1.06. The van der Waals surface area contributed by atoms with Crippen molar-refractivity contribution in [3.8, 4) is 0 Å². The van der Waals surface area contributed by atoms with E-state index in [1.54, 1.807) is 12.1 Å². The SMILES string of the molecule is CCCc1cc(=O)[nH]c(SCc2cccnc2C(=O)O)n1. The Morgan fingerprint density at radius 2 is 2.29 bits per heavy atom. The molecule has 2 N–H and O–H groups in total. The molecule has 2 aromatic rings. The third-order valence-corrected chi connectivity index (χ3v) is 3.66. The van der Waals surface area contributed by atoms with E-state index in [-0.39, 0.29) is 11.3 Å². The predicted octanol–water partition coefficient (Wildman–Crippen LogP) is 2.11. The first kappa shape index (κ1) is 15.2. The average Bonchev–Trinajstić information content (AvgIpc) is 2.45. The molecule has 0 fully saturated rings. The molecule has 2 heterocycles. The molecule has 0 aliphatic heterocycles. The number of pyridine rings is 1. The summed E-state index contributed by atoms with van der Waals surface area (Å²) in [4.78, 5) is 33.5. The standard InChI is InChI=1S/C14H15N3O3S/c1-2-4-10-7-11(18)17-14(16-10)21-8-9-5-3-6-15-12(9)13(19)20/h3,5-7H,2,4,8H2,1H3,(H,19,20)(H,16,17,18). The second-order valence-electron chi connectivity index (χ2n) is 4.40. The van der Waals surface area contributed by atoms with Crippen LogP contribution < -0.4 is 5.56 Å². The number of H-pyrrole nitrogens is 1. The number of aromatic nitrogens is 3. The Hall–Kier alpha value is -2.15. The summed E-state index contributed by atoms with van der Waals surface area (Å²) < 4.78 is 0. The van der Waals surface area contributed by atoms with Gasteiger partial charge in [-0.2, -0.15) is 0 Å². The molecule has 0 unspecified atom stereocenters. The van der Waals surface area contributed by atoms with Crippen LogP contribution in [0.1, 0.15) is 35.1 Å². The summed E-state index contributed by atoms with van der Waals surface area (Å²) in [6, 6.07) is 4.88. The molecule has 6 nitrogen and oxygen atoms in total. The Morgan fingerprint density at radius 1 is 1.48 bits per heavy atom. The number of carbonyl (C=O) groups is 1. The lowest BCUT2D eigenvalue weighted by atomic mass is 10.2. The highest BCUT2D eigenvalue weighted by molar-refractivity contribution is 7.98. The fraction of sp³-hybridized carbons (Fsp3) is 0.286. The van der Waals surface area contributed by atoms with E-state index in [4.69, 9.17) is 5.11 Å². The number of nitrogens with one attached hydrogen (secondary N) is 1. The van der Waals surface area contributed by atoms with Gasteiger partial charge in [-0.15, -0.1) is 0 Å². The van der Waals surface area contributed by atoms with Crippen LogP contribution in [0.25, 0.3) is 0 Å². The molecule has 2 rings (SSSR count). The van der Waals surface area contributed by atoms with Crippen LogP contribution in [0.3, 0.4) is 0 Å². The highest BCUT2D eigenvalue weighted by atomic mass is 32.2. The van der Waals surface area contributed by atoms with Gasteiger partial charge >= 0.3 is 5.97 Å². The normalized spacial score (nSPS) is 10.5. The maximum atomic E-state index is 11.6. The smallest absolute Gasteiger partial charge is 0.354 e. The number of aromatic carboxylic acids is 1. The first-order valence-corrected chi connectivity index (χ1v) is 7.49. The third kappa shape index (κ3) is 4.16. The summed E-state index contributed by atoms with van der Waals surface area (Å²) in [5, 5.41) is 9.57. The molecular formula is C14H15N3O3S. The first-order valence-electron chi connectivity index (χ1n) is 6.50. The fourth-order valence-corrected chi connectivity index (χ4v) is 2.71. The third-order valence-electron chi connectivity index (χ3n) is 2.74. The van der Waals surface area contributed by atoms with Gasteiger partial charge in [-0.05, 0) is 18.1 Å². The van der Waals surface area contributed by atoms with Crippen molar-refractivity contribution in [1.82, 2.24) is 15.0 Å². The Kier molecular flexibility index (Phi) is 5.10. The number of nitrogens with zero attached hydrogens (tertiary/aromatic N) is 2. The molecule has 0 amide bonds. The maximum Gasteiger partial charge on any atom is 0.354 e. The van der Waals surface area contributed by atoms with E-state index in [2.05, 4.69) is 15.0 Å². The van der Waals surface area contributed by atoms with E-state index >= 15 is 0 Å². The Labute approximate surface area is 125 Å². The highest BCUT2D eigenvalue weighted by Crippen LogP contribution is 2.20. The minimum Gasteiger partial charge on any atom is -0.477 e. The molecule has 0 saturated carbocycles. The van der Waals surface area contributed by atoms with Gasteiger partial charge in [0.2, 0.25) is 0 Å². The number of carboxylic acid groups (broad SMARTS) is 1. The van der Waals surface area contributed by atoms with Gasteiger partial charge < -0.3 is 10.1 Å². The van der Waals surface area contributed by atoms with E-state index in [0.717, 1.165) is 18.5 Å². The largest absolute Gasteiger partial charge is 0.477 e. The van der Waals surface area contributed by atoms with Gasteiger partial charge in [0.1, 0.15) is 0 Å². The lowest BCUT2D eigenvalue weighted by Gasteiger charge is -2.05. The van der Waals surface area contributed by atoms with E-state index in [9.17, 15) is 9.59 Å². The summed E-state index contributed by atoms with van der Waals surface area (Å²) in [6.07, 6.45) is 3.09. The Balaban J connectivity index is 2.17. The van der Waals surface area contributed by atoms with Crippen LogP contribution in [0.15, 0.2) is 34.3 Å². The van der Waals surface area contributed by atoms with Crippen LogP contribution in [0, 0.1) is 0 Å². The van der Waals surface area contributed by atoms with Gasteiger partial charge in [-0.1, -0.05) is 31.2 Å². The van der Waals surface area contributed by atoms with Crippen molar-refractivity contribution in [3.63, 3.8) is 0 Å². The number of hydrogen-bond donors (Lipinski definition) is 2. The van der Waals surface area contributed by atoms with Crippen LogP contribution >= 0.6 is 11.8 Å². The molecule has 0 bridgehead atoms. The minimum absolute atomic E-state index is 0.0251. The Bertz CT molecular complexity index is 700. The zero-order valence-electron chi connectivity index (χ0n) is 11.5. The summed E-state index contributed by atoms with van der Waals surface area (Å²) in [5.74, 6) is -0.680. The topological polar surface area (TPSA) is 95.9 Å². The molecule has 21 heavy (non-hydrogen) atoms. The predicted molar refractivity (Wildman–Crippen MR) is 79.6 cm³/mol. The number of rotatable bonds is 6. The second-order valence-corrected chi connectivity index (χ2v) is 5.36. The lowest BCUT2D eigenvalue weighted by molar-refractivity contribution is 0.0689. The van der Waals surface area contributed by atoms with E-state index < -0.39 is 5.97 Å². The summed E-state index contributed by atoms with van der Waals surface area (Å²) in [7, 11) is 0. The van der Waals surface area contributed by atoms with Crippen molar-refractivity contribution in [3.05, 3.63) is 51.7 Å². The number of aryl methyl sites for hydroxylation is 1. The number of thioether (sulfide) groups is 1. The van der Waals surface area contributed by atoms with Gasteiger partial charge in [0.25, 0.3) is 5.56 Å². The molecule has 0 saturated heterocycles. The zero-order valence-corrected chi connectivity index (χ0v) is 12.3. The fourth-order valence-electron chi connectivity index (χ4n) is 1.83. The van der Waals surface area contributed by atoms with Gasteiger partial charge in [-0.3, -0.25) is 4.79 Å². The average molecular weight is 305 g/mol. The first-order chi connectivity index (χ1) is 10.1. The molecule has 0 aliphatic carbocycles. The maximum absolute atomic E-state index is 11.6. The molecule has 110 valence electrons. The molecule has 2 aromatic heterocycles. The summed E-state index contributed by atoms with van der Waals surface area (Å²) in [5.41, 5.74) is 1.17. The van der Waals surface area contributed by atoms with Crippen LogP contribution in [-0.2, 0) is 12.2 Å². The monoisotopic (exact) mass is 305 g/mol. The quantitative estimate of drug-likeness (QED) is 0.627. The van der Waals surface area contributed by atoms with Crippen molar-refractivity contribution in [2.75, 3.05) is 0 Å². The molecule has 0 aromatic carbocycles. The van der Waals surface area contributed by atoms with Gasteiger partial charge in [-0.25, -0.2) is 14.8 Å². The van der Waals surface area contributed by atoms with Crippen LogP contribution in [0.5, 0.6) is 0 Å². The molecular weight excluding hydrogens is 290 g/mol. The van der Waals surface area contributed by atoms with Crippen molar-refractivity contribution in [2.45, 2.75) is 30.7 Å². The Morgan fingerprint density at radius 3 is 3.00 bits per heavy atom. The molecule has 7 heteroatoms. The van der Waals surface area contributed by atoms with Crippen molar-refractivity contribution >= 4 is 17.7 Å².